The second kappa shape index (κ2) is 9.03. The first-order valence-electron chi connectivity index (χ1n) is 8.94. The summed E-state index contributed by atoms with van der Waals surface area (Å²) >= 11 is 3.39. The van der Waals surface area contributed by atoms with E-state index >= 15 is 0 Å². The van der Waals surface area contributed by atoms with Gasteiger partial charge in [-0.2, -0.15) is 4.98 Å². The molecule has 8 heteroatoms. The Labute approximate surface area is 168 Å². The molecule has 1 aromatic heterocycles. The first kappa shape index (κ1) is 19.4. The van der Waals surface area contributed by atoms with Crippen molar-refractivity contribution in [3.63, 3.8) is 0 Å². The lowest BCUT2D eigenvalue weighted by molar-refractivity contribution is 0.366. The van der Waals surface area contributed by atoms with E-state index in [-0.39, 0.29) is 0 Å². The summed E-state index contributed by atoms with van der Waals surface area (Å²) < 4.78 is 6.03. The van der Waals surface area contributed by atoms with Gasteiger partial charge in [0.25, 0.3) is 0 Å². The number of aryl methyl sites for hydroxylation is 1. The standard InChI is InChI=1S/C19H25BrN6O/c1-14-6-4-5-7-15(14)12-22-18(21-2)25-8-10-26(11-9-25)19-23-13-16(20)17(24-19)27-3/h4-7,13H,8-12H2,1-3H3,(H,21,22). The summed E-state index contributed by atoms with van der Waals surface area (Å²) in [5, 5.41) is 3.48. The molecule has 0 spiro atoms. The zero-order valence-electron chi connectivity index (χ0n) is 15.9. The third-order valence-corrected chi connectivity index (χ3v) is 5.21. The number of rotatable bonds is 4. The molecule has 1 aliphatic heterocycles. The van der Waals surface area contributed by atoms with Crippen LogP contribution >= 0.6 is 15.9 Å². The van der Waals surface area contributed by atoms with E-state index in [1.54, 1.807) is 13.3 Å². The molecule has 2 aromatic rings. The molecule has 3 rings (SSSR count). The minimum absolute atomic E-state index is 0.554. The molecule has 1 fully saturated rings. The van der Waals surface area contributed by atoms with E-state index in [9.17, 15) is 0 Å². The predicted octanol–water partition coefficient (Wildman–Crippen LogP) is 2.45. The molecule has 144 valence electrons. The minimum atomic E-state index is 0.554. The monoisotopic (exact) mass is 432 g/mol. The lowest BCUT2D eigenvalue weighted by atomic mass is 10.1. The van der Waals surface area contributed by atoms with Gasteiger partial charge in [0.1, 0.15) is 0 Å². The van der Waals surface area contributed by atoms with Crippen LogP contribution in [0.4, 0.5) is 5.95 Å². The van der Waals surface area contributed by atoms with Gasteiger partial charge in [-0.15, -0.1) is 0 Å². The van der Waals surface area contributed by atoms with Crippen LogP contribution in [0.25, 0.3) is 0 Å². The van der Waals surface area contributed by atoms with E-state index in [1.165, 1.54) is 11.1 Å². The zero-order valence-corrected chi connectivity index (χ0v) is 17.5. The number of aliphatic imine (C=N–C) groups is 1. The Morgan fingerprint density at radius 2 is 2.00 bits per heavy atom. The van der Waals surface area contributed by atoms with E-state index in [2.05, 4.69) is 77.2 Å². The first-order chi connectivity index (χ1) is 13.1. The third-order valence-electron chi connectivity index (χ3n) is 4.66. The second-order valence-corrected chi connectivity index (χ2v) is 7.18. The lowest BCUT2D eigenvalue weighted by Crippen LogP contribution is -2.52. The Kier molecular flexibility index (Phi) is 6.49. The van der Waals surface area contributed by atoms with E-state index in [0.29, 0.717) is 11.8 Å². The fraction of sp³-hybridized carbons (Fsp3) is 0.421. The highest BCUT2D eigenvalue weighted by Crippen LogP contribution is 2.23. The van der Waals surface area contributed by atoms with Crippen molar-refractivity contribution in [2.45, 2.75) is 13.5 Å². The van der Waals surface area contributed by atoms with Gasteiger partial charge in [-0.25, -0.2) is 4.98 Å². The van der Waals surface area contributed by atoms with Gasteiger partial charge < -0.3 is 19.9 Å². The topological polar surface area (TPSA) is 65.9 Å². The van der Waals surface area contributed by atoms with Crippen molar-refractivity contribution < 1.29 is 4.74 Å². The van der Waals surface area contributed by atoms with Crippen molar-refractivity contribution in [2.24, 2.45) is 4.99 Å². The summed E-state index contributed by atoms with van der Waals surface area (Å²) in [6.45, 7) is 6.27. The number of hydrogen-bond donors (Lipinski definition) is 1. The van der Waals surface area contributed by atoms with Crippen LogP contribution in [0.15, 0.2) is 39.9 Å². The molecule has 0 radical (unpaired) electrons. The van der Waals surface area contributed by atoms with Crippen LogP contribution in [-0.4, -0.2) is 61.2 Å². The van der Waals surface area contributed by atoms with Crippen molar-refractivity contribution in [3.8, 4) is 5.88 Å². The number of nitrogens with zero attached hydrogens (tertiary/aromatic N) is 5. The Balaban J connectivity index is 1.58. The van der Waals surface area contributed by atoms with Crippen LogP contribution < -0.4 is 15.0 Å². The molecule has 0 bridgehead atoms. The van der Waals surface area contributed by atoms with Gasteiger partial charge in [0.2, 0.25) is 11.8 Å². The van der Waals surface area contributed by atoms with E-state index in [4.69, 9.17) is 4.74 Å². The Bertz CT molecular complexity index is 805. The SMILES string of the molecule is CN=C(NCc1ccccc1C)N1CCN(c2ncc(Br)c(OC)n2)CC1. The maximum Gasteiger partial charge on any atom is 0.232 e. The van der Waals surface area contributed by atoms with E-state index < -0.39 is 0 Å². The number of methoxy groups -OCH3 is 1. The molecular weight excluding hydrogens is 408 g/mol. The summed E-state index contributed by atoms with van der Waals surface area (Å²) in [5.41, 5.74) is 2.57. The van der Waals surface area contributed by atoms with Crippen molar-refractivity contribution in [3.05, 3.63) is 46.1 Å². The van der Waals surface area contributed by atoms with Crippen molar-refractivity contribution in [1.82, 2.24) is 20.2 Å². The summed E-state index contributed by atoms with van der Waals surface area (Å²) in [7, 11) is 3.44. The van der Waals surface area contributed by atoms with Gasteiger partial charge in [-0.3, -0.25) is 4.99 Å². The van der Waals surface area contributed by atoms with Crippen molar-refractivity contribution in [2.75, 3.05) is 45.2 Å². The van der Waals surface area contributed by atoms with Crippen molar-refractivity contribution in [1.29, 1.82) is 0 Å². The summed E-state index contributed by atoms with van der Waals surface area (Å²) in [6.07, 6.45) is 1.73. The molecule has 0 aliphatic carbocycles. The summed E-state index contributed by atoms with van der Waals surface area (Å²) in [5.74, 6) is 2.17. The average Bonchev–Trinajstić information content (AvgIpc) is 2.70. The molecule has 0 saturated carbocycles. The van der Waals surface area contributed by atoms with Gasteiger partial charge in [0, 0.05) is 39.8 Å². The van der Waals surface area contributed by atoms with Gasteiger partial charge in [-0.1, -0.05) is 24.3 Å². The highest BCUT2D eigenvalue weighted by atomic mass is 79.9. The third kappa shape index (κ3) is 4.68. The molecule has 7 nitrogen and oxygen atoms in total. The number of hydrogen-bond acceptors (Lipinski definition) is 5. The van der Waals surface area contributed by atoms with Crippen molar-refractivity contribution >= 4 is 27.8 Å². The smallest absolute Gasteiger partial charge is 0.232 e. The number of guanidine groups is 1. The maximum atomic E-state index is 5.27. The predicted molar refractivity (Wildman–Crippen MR) is 111 cm³/mol. The van der Waals surface area contributed by atoms with Crippen LogP contribution in [0.5, 0.6) is 5.88 Å². The summed E-state index contributed by atoms with van der Waals surface area (Å²) in [4.78, 5) is 17.8. The Morgan fingerprint density at radius 1 is 1.26 bits per heavy atom. The molecule has 0 atom stereocenters. The van der Waals surface area contributed by atoms with Crippen LogP contribution in [0.3, 0.4) is 0 Å². The van der Waals surface area contributed by atoms with Gasteiger partial charge in [0.15, 0.2) is 5.96 Å². The lowest BCUT2D eigenvalue weighted by Gasteiger charge is -2.36. The number of halogens is 1. The quantitative estimate of drug-likeness (QED) is 0.591. The number of aromatic nitrogens is 2. The molecule has 1 N–H and O–H groups in total. The van der Waals surface area contributed by atoms with Crippen LogP contribution in [0.1, 0.15) is 11.1 Å². The molecule has 1 saturated heterocycles. The molecule has 2 heterocycles. The second-order valence-electron chi connectivity index (χ2n) is 6.33. The molecule has 1 aliphatic rings. The minimum Gasteiger partial charge on any atom is -0.480 e. The van der Waals surface area contributed by atoms with E-state index in [1.807, 2.05) is 7.05 Å². The maximum absolute atomic E-state index is 5.27. The average molecular weight is 433 g/mol. The van der Waals surface area contributed by atoms with Gasteiger partial charge >= 0.3 is 0 Å². The highest BCUT2D eigenvalue weighted by Gasteiger charge is 2.22. The van der Waals surface area contributed by atoms with Crippen LogP contribution in [0, 0.1) is 6.92 Å². The Hall–Kier alpha value is -2.35. The number of ether oxygens (including phenoxy) is 1. The molecular formula is C19H25BrN6O. The fourth-order valence-corrected chi connectivity index (χ4v) is 3.42. The summed E-state index contributed by atoms with van der Waals surface area (Å²) in [6, 6.07) is 8.40. The number of anilines is 1. The number of benzene rings is 1. The zero-order chi connectivity index (χ0) is 19.2. The largest absolute Gasteiger partial charge is 0.480 e. The first-order valence-corrected chi connectivity index (χ1v) is 9.73. The fourth-order valence-electron chi connectivity index (χ4n) is 3.07. The van der Waals surface area contributed by atoms with Crippen LogP contribution in [-0.2, 0) is 6.54 Å². The van der Waals surface area contributed by atoms with Crippen LogP contribution in [0.2, 0.25) is 0 Å². The molecule has 0 unspecified atom stereocenters. The van der Waals surface area contributed by atoms with E-state index in [0.717, 1.165) is 43.2 Å². The number of nitrogens with one attached hydrogen (secondary N) is 1. The molecule has 0 amide bonds. The highest BCUT2D eigenvalue weighted by molar-refractivity contribution is 9.10. The Morgan fingerprint density at radius 3 is 2.67 bits per heavy atom. The van der Waals surface area contributed by atoms with Gasteiger partial charge in [0.05, 0.1) is 17.8 Å². The number of piperazine rings is 1. The molecule has 27 heavy (non-hydrogen) atoms. The molecule has 1 aromatic carbocycles. The normalized spacial score (nSPS) is 15.0. The van der Waals surface area contributed by atoms with Gasteiger partial charge in [-0.05, 0) is 34.0 Å².